The zero-order valence-corrected chi connectivity index (χ0v) is 15.6. The Morgan fingerprint density at radius 2 is 1.96 bits per heavy atom. The van der Waals surface area contributed by atoms with Gasteiger partial charge in [0, 0.05) is 31.6 Å². The summed E-state index contributed by atoms with van der Waals surface area (Å²) in [7, 11) is 1.91. The summed E-state index contributed by atoms with van der Waals surface area (Å²) in [5, 5.41) is 6.29. The zero-order valence-electron chi connectivity index (χ0n) is 15.6. The van der Waals surface area contributed by atoms with Gasteiger partial charge in [-0.3, -0.25) is 9.80 Å². The van der Waals surface area contributed by atoms with Gasteiger partial charge < -0.3 is 9.64 Å². The van der Waals surface area contributed by atoms with E-state index in [0.717, 1.165) is 30.9 Å². The minimum absolute atomic E-state index is 0.110. The highest BCUT2D eigenvalue weighted by atomic mass is 16.5. The summed E-state index contributed by atoms with van der Waals surface area (Å²) in [6.07, 6.45) is 4.20. The molecule has 0 saturated carbocycles. The maximum Gasteiger partial charge on any atom is 0.185 e. The molecular formula is C20H29N3O2. The molecule has 25 heavy (non-hydrogen) atoms. The third kappa shape index (κ3) is 4.40. The van der Waals surface area contributed by atoms with Gasteiger partial charge in [-0.15, -0.1) is 0 Å². The molecule has 2 aliphatic heterocycles. The lowest BCUT2D eigenvalue weighted by Crippen LogP contribution is -2.36. The number of ether oxygens (including phenoxy) is 1. The molecule has 1 saturated heterocycles. The SMILES string of the molecule is CC1CCCN1CCCOc1ccc(C2=NN(C)C(C)CC2=O)cc1. The molecule has 5 heteroatoms. The van der Waals surface area contributed by atoms with Crippen LogP contribution in [0, 0.1) is 0 Å². The molecule has 0 N–H and O–H groups in total. The Hall–Kier alpha value is -1.88. The molecular weight excluding hydrogens is 314 g/mol. The molecule has 0 spiro atoms. The maximum absolute atomic E-state index is 12.2. The number of likely N-dealkylation sites (tertiary alicyclic amines) is 1. The number of hydrazone groups is 1. The summed E-state index contributed by atoms with van der Waals surface area (Å²) < 4.78 is 5.85. The van der Waals surface area contributed by atoms with E-state index in [4.69, 9.17) is 4.74 Å². The molecule has 1 aromatic carbocycles. The standard InChI is InChI=1S/C20H29N3O2/c1-15-6-4-11-23(15)12-5-13-25-18-9-7-17(8-10-18)20-19(24)14-16(2)22(3)21-20/h7-10,15-16H,4-6,11-14H2,1-3H3. The van der Waals surface area contributed by atoms with Gasteiger partial charge in [-0.2, -0.15) is 5.10 Å². The third-order valence-corrected chi connectivity index (χ3v) is 5.32. The average Bonchev–Trinajstić information content (AvgIpc) is 3.01. The van der Waals surface area contributed by atoms with Crippen molar-refractivity contribution in [3.05, 3.63) is 29.8 Å². The molecule has 5 nitrogen and oxygen atoms in total. The van der Waals surface area contributed by atoms with Crippen molar-refractivity contribution in [3.8, 4) is 5.75 Å². The monoisotopic (exact) mass is 343 g/mol. The smallest absolute Gasteiger partial charge is 0.185 e. The Morgan fingerprint density at radius 1 is 1.20 bits per heavy atom. The van der Waals surface area contributed by atoms with Crippen molar-refractivity contribution in [2.24, 2.45) is 5.10 Å². The van der Waals surface area contributed by atoms with Gasteiger partial charge in [-0.05, 0) is 63.9 Å². The van der Waals surface area contributed by atoms with Crippen molar-refractivity contribution in [2.45, 2.75) is 51.6 Å². The topological polar surface area (TPSA) is 45.1 Å². The first kappa shape index (κ1) is 17.9. The molecule has 2 heterocycles. The van der Waals surface area contributed by atoms with Crippen LogP contribution in [0.2, 0.25) is 0 Å². The van der Waals surface area contributed by atoms with Crippen LogP contribution in [-0.2, 0) is 4.79 Å². The van der Waals surface area contributed by atoms with Gasteiger partial charge in [0.15, 0.2) is 5.78 Å². The van der Waals surface area contributed by atoms with E-state index in [1.807, 2.05) is 43.2 Å². The molecule has 0 radical (unpaired) electrons. The van der Waals surface area contributed by atoms with Crippen LogP contribution in [0.3, 0.4) is 0 Å². The molecule has 1 aromatic rings. The van der Waals surface area contributed by atoms with Gasteiger partial charge in [0.2, 0.25) is 0 Å². The zero-order chi connectivity index (χ0) is 17.8. The minimum atomic E-state index is 0.110. The second-order valence-corrected chi connectivity index (χ2v) is 7.25. The van der Waals surface area contributed by atoms with E-state index in [1.54, 1.807) is 0 Å². The molecule has 2 unspecified atom stereocenters. The van der Waals surface area contributed by atoms with Crippen LogP contribution in [0.5, 0.6) is 5.75 Å². The molecule has 3 rings (SSSR count). The van der Waals surface area contributed by atoms with Gasteiger partial charge in [-0.1, -0.05) is 0 Å². The predicted molar refractivity (Wildman–Crippen MR) is 100 cm³/mol. The Kier molecular flexibility index (Phi) is 5.74. The Bertz CT molecular complexity index is 626. The van der Waals surface area contributed by atoms with E-state index in [-0.39, 0.29) is 11.8 Å². The fourth-order valence-corrected chi connectivity index (χ4v) is 3.52. The normalized spacial score (nSPS) is 24.5. The Balaban J connectivity index is 1.50. The van der Waals surface area contributed by atoms with Crippen LogP contribution in [-0.4, -0.2) is 60.2 Å². The van der Waals surface area contributed by atoms with Crippen LogP contribution < -0.4 is 4.74 Å². The van der Waals surface area contributed by atoms with Crippen molar-refractivity contribution >= 4 is 11.5 Å². The number of hydrogen-bond acceptors (Lipinski definition) is 5. The summed E-state index contributed by atoms with van der Waals surface area (Å²) >= 11 is 0. The molecule has 2 aliphatic rings. The first-order valence-corrected chi connectivity index (χ1v) is 9.36. The van der Waals surface area contributed by atoms with Crippen molar-refractivity contribution in [1.82, 2.24) is 9.91 Å². The van der Waals surface area contributed by atoms with E-state index in [1.165, 1.54) is 19.4 Å². The van der Waals surface area contributed by atoms with Gasteiger partial charge in [0.05, 0.1) is 12.6 Å². The lowest BCUT2D eigenvalue weighted by molar-refractivity contribution is -0.114. The van der Waals surface area contributed by atoms with Crippen LogP contribution in [0.1, 0.15) is 45.1 Å². The molecule has 0 aliphatic carbocycles. The molecule has 1 fully saturated rings. The second kappa shape index (κ2) is 8.00. The third-order valence-electron chi connectivity index (χ3n) is 5.32. The van der Waals surface area contributed by atoms with E-state index in [2.05, 4.69) is 16.9 Å². The lowest BCUT2D eigenvalue weighted by Gasteiger charge is -2.27. The second-order valence-electron chi connectivity index (χ2n) is 7.25. The summed E-state index contributed by atoms with van der Waals surface area (Å²) in [6.45, 7) is 7.37. The fraction of sp³-hybridized carbons (Fsp3) is 0.600. The van der Waals surface area contributed by atoms with E-state index in [0.29, 0.717) is 18.2 Å². The van der Waals surface area contributed by atoms with E-state index in [9.17, 15) is 4.79 Å². The quantitative estimate of drug-likeness (QED) is 0.745. The lowest BCUT2D eigenvalue weighted by atomic mass is 10.00. The Labute approximate surface area is 150 Å². The first-order chi connectivity index (χ1) is 12.0. The maximum atomic E-state index is 12.2. The Morgan fingerprint density at radius 3 is 2.64 bits per heavy atom. The summed E-state index contributed by atoms with van der Waals surface area (Å²) in [4.78, 5) is 14.7. The van der Waals surface area contributed by atoms with Gasteiger partial charge >= 0.3 is 0 Å². The number of benzene rings is 1. The van der Waals surface area contributed by atoms with Crippen LogP contribution in [0.4, 0.5) is 0 Å². The molecule has 0 amide bonds. The number of hydrogen-bond donors (Lipinski definition) is 0. The van der Waals surface area contributed by atoms with Crippen molar-refractivity contribution in [3.63, 3.8) is 0 Å². The highest BCUT2D eigenvalue weighted by Crippen LogP contribution is 2.19. The fourth-order valence-electron chi connectivity index (χ4n) is 3.52. The number of carbonyl (C=O) groups excluding carboxylic acids is 1. The number of rotatable bonds is 6. The van der Waals surface area contributed by atoms with Crippen LogP contribution in [0.25, 0.3) is 0 Å². The van der Waals surface area contributed by atoms with E-state index >= 15 is 0 Å². The summed E-state index contributed by atoms with van der Waals surface area (Å²) in [5.41, 5.74) is 1.41. The van der Waals surface area contributed by atoms with Gasteiger partial charge in [-0.25, -0.2) is 0 Å². The summed E-state index contributed by atoms with van der Waals surface area (Å²) in [6, 6.07) is 8.60. The van der Waals surface area contributed by atoms with Gasteiger partial charge in [0.1, 0.15) is 11.5 Å². The van der Waals surface area contributed by atoms with Crippen LogP contribution in [0.15, 0.2) is 29.4 Å². The molecule has 0 bridgehead atoms. The highest BCUT2D eigenvalue weighted by Gasteiger charge is 2.25. The molecule has 136 valence electrons. The minimum Gasteiger partial charge on any atom is -0.494 e. The van der Waals surface area contributed by atoms with Crippen molar-refractivity contribution in [1.29, 1.82) is 0 Å². The number of carbonyl (C=O) groups is 1. The number of ketones is 1. The molecule has 0 aromatic heterocycles. The van der Waals surface area contributed by atoms with Crippen molar-refractivity contribution in [2.75, 3.05) is 26.7 Å². The average molecular weight is 343 g/mol. The number of nitrogens with zero attached hydrogens (tertiary/aromatic N) is 3. The number of Topliss-reactive ketones (excluding diaryl/α,β-unsaturated/α-hetero) is 1. The van der Waals surface area contributed by atoms with Crippen LogP contribution >= 0.6 is 0 Å². The molecule has 2 atom stereocenters. The largest absolute Gasteiger partial charge is 0.494 e. The van der Waals surface area contributed by atoms with Crippen molar-refractivity contribution < 1.29 is 9.53 Å². The highest BCUT2D eigenvalue weighted by molar-refractivity contribution is 6.46. The first-order valence-electron chi connectivity index (χ1n) is 9.36. The van der Waals surface area contributed by atoms with Gasteiger partial charge in [0.25, 0.3) is 0 Å². The predicted octanol–water partition coefficient (Wildman–Crippen LogP) is 2.94. The summed E-state index contributed by atoms with van der Waals surface area (Å²) in [5.74, 6) is 0.961. The van der Waals surface area contributed by atoms with E-state index < -0.39 is 0 Å².